The molecule has 0 unspecified atom stereocenters. The summed E-state index contributed by atoms with van der Waals surface area (Å²) in [4.78, 5) is 4.09. The number of aliphatic imine (C=N–C) groups is 1. The van der Waals surface area contributed by atoms with Crippen molar-refractivity contribution in [1.29, 1.82) is 0 Å². The second-order valence-electron chi connectivity index (χ2n) is 3.69. The van der Waals surface area contributed by atoms with Gasteiger partial charge in [0.1, 0.15) is 6.34 Å². The average Bonchev–Trinajstić information content (AvgIpc) is 1.94. The zero-order valence-corrected chi connectivity index (χ0v) is 6.88. The van der Waals surface area contributed by atoms with Crippen molar-refractivity contribution < 1.29 is 5.21 Å². The van der Waals surface area contributed by atoms with Gasteiger partial charge in [0, 0.05) is 0 Å². The molecule has 0 aromatic carbocycles. The zero-order chi connectivity index (χ0) is 7.99. The Morgan fingerprint density at radius 1 is 1.30 bits per heavy atom. The monoisotopic (exact) mass is 141 g/mol. The SMILES string of the molecule is CC1(C)N=CN([O])C1(C)C. The van der Waals surface area contributed by atoms with E-state index in [-0.39, 0.29) is 5.54 Å². The van der Waals surface area contributed by atoms with Crippen LogP contribution in [0.4, 0.5) is 0 Å². The van der Waals surface area contributed by atoms with E-state index < -0.39 is 5.54 Å². The molecule has 10 heavy (non-hydrogen) atoms. The van der Waals surface area contributed by atoms with E-state index in [0.29, 0.717) is 0 Å². The summed E-state index contributed by atoms with van der Waals surface area (Å²) in [7, 11) is 0. The van der Waals surface area contributed by atoms with Gasteiger partial charge in [0.05, 0.1) is 11.1 Å². The molecule has 0 aromatic heterocycles. The maximum Gasteiger partial charge on any atom is 0.115 e. The van der Waals surface area contributed by atoms with Crippen LogP contribution in [0, 0.1) is 0 Å². The lowest BCUT2D eigenvalue weighted by Crippen LogP contribution is -2.49. The van der Waals surface area contributed by atoms with Crippen LogP contribution in [0.1, 0.15) is 27.7 Å². The van der Waals surface area contributed by atoms with Gasteiger partial charge >= 0.3 is 0 Å². The van der Waals surface area contributed by atoms with Crippen molar-refractivity contribution in [2.24, 2.45) is 4.99 Å². The van der Waals surface area contributed by atoms with E-state index in [1.807, 2.05) is 27.7 Å². The van der Waals surface area contributed by atoms with Crippen LogP contribution in [0.15, 0.2) is 4.99 Å². The molecule has 0 aliphatic carbocycles. The topological polar surface area (TPSA) is 35.5 Å². The van der Waals surface area contributed by atoms with Crippen LogP contribution in [0.5, 0.6) is 0 Å². The highest BCUT2D eigenvalue weighted by atomic mass is 16.5. The van der Waals surface area contributed by atoms with Gasteiger partial charge < -0.3 is 0 Å². The van der Waals surface area contributed by atoms with E-state index in [1.54, 1.807) is 0 Å². The van der Waals surface area contributed by atoms with Crippen LogP contribution in [0.2, 0.25) is 0 Å². The van der Waals surface area contributed by atoms with E-state index in [9.17, 15) is 5.21 Å². The molecule has 0 spiro atoms. The minimum absolute atomic E-state index is 0.255. The molecule has 0 bridgehead atoms. The van der Waals surface area contributed by atoms with Crippen LogP contribution < -0.4 is 0 Å². The van der Waals surface area contributed by atoms with Gasteiger partial charge in [-0.2, -0.15) is 0 Å². The van der Waals surface area contributed by atoms with Crippen LogP contribution in [0.25, 0.3) is 0 Å². The molecule has 1 aliphatic heterocycles. The summed E-state index contributed by atoms with van der Waals surface area (Å²) in [5.41, 5.74) is -0.651. The Bertz CT molecular complexity index is 172. The standard InChI is InChI=1S/C7H13N2O/c1-6(2)7(3,4)9(10)5-8-6/h5H,1-4H3. The van der Waals surface area contributed by atoms with Gasteiger partial charge in [-0.05, 0) is 27.7 Å². The van der Waals surface area contributed by atoms with Gasteiger partial charge in [-0.25, -0.2) is 5.06 Å². The summed E-state index contributed by atoms with van der Waals surface area (Å²) in [6.45, 7) is 7.71. The lowest BCUT2D eigenvalue weighted by Gasteiger charge is -2.34. The Kier molecular flexibility index (Phi) is 1.30. The maximum atomic E-state index is 11.1. The molecule has 0 fully saturated rings. The Morgan fingerprint density at radius 2 is 1.80 bits per heavy atom. The van der Waals surface area contributed by atoms with E-state index >= 15 is 0 Å². The Balaban J connectivity index is 2.94. The van der Waals surface area contributed by atoms with Crippen molar-refractivity contribution in [2.75, 3.05) is 0 Å². The average molecular weight is 141 g/mol. The largest absolute Gasteiger partial charge is 0.265 e. The molecule has 1 radical (unpaired) electrons. The Morgan fingerprint density at radius 3 is 1.90 bits per heavy atom. The maximum absolute atomic E-state index is 11.1. The molecule has 57 valence electrons. The predicted molar refractivity (Wildman–Crippen MR) is 39.2 cm³/mol. The highest BCUT2D eigenvalue weighted by Crippen LogP contribution is 2.33. The van der Waals surface area contributed by atoms with Crippen molar-refractivity contribution in [1.82, 2.24) is 5.06 Å². The number of hydroxylamine groups is 2. The Labute approximate surface area is 61.3 Å². The minimum Gasteiger partial charge on any atom is -0.265 e. The number of rotatable bonds is 0. The number of hydrogen-bond acceptors (Lipinski definition) is 2. The lowest BCUT2D eigenvalue weighted by atomic mass is 9.84. The molecule has 3 nitrogen and oxygen atoms in total. The number of hydrogen-bond donors (Lipinski definition) is 0. The summed E-state index contributed by atoms with van der Waals surface area (Å²) in [5.74, 6) is 0. The lowest BCUT2D eigenvalue weighted by molar-refractivity contribution is -0.154. The molecule has 3 heteroatoms. The van der Waals surface area contributed by atoms with Crippen LogP contribution in [-0.4, -0.2) is 22.5 Å². The van der Waals surface area contributed by atoms with E-state index in [0.717, 1.165) is 5.06 Å². The summed E-state index contributed by atoms with van der Waals surface area (Å²) in [5, 5.41) is 12.0. The third-order valence-electron chi connectivity index (χ3n) is 2.53. The van der Waals surface area contributed by atoms with Gasteiger partial charge in [-0.15, -0.1) is 0 Å². The molecule has 1 rings (SSSR count). The zero-order valence-electron chi connectivity index (χ0n) is 6.88. The Hall–Kier alpha value is -0.570. The fourth-order valence-electron chi connectivity index (χ4n) is 0.769. The van der Waals surface area contributed by atoms with Crippen LogP contribution in [0.3, 0.4) is 0 Å². The fraction of sp³-hybridized carbons (Fsp3) is 0.857. The quantitative estimate of drug-likeness (QED) is 0.499. The molecule has 1 heterocycles. The molecular weight excluding hydrogens is 128 g/mol. The normalized spacial score (nSPS) is 27.5. The molecular formula is C7H13N2O. The predicted octanol–water partition coefficient (Wildman–Crippen LogP) is 1.23. The van der Waals surface area contributed by atoms with Crippen molar-refractivity contribution in [3.8, 4) is 0 Å². The highest BCUT2D eigenvalue weighted by Gasteiger charge is 2.45. The minimum atomic E-state index is -0.396. The molecule has 0 saturated carbocycles. The van der Waals surface area contributed by atoms with Crippen molar-refractivity contribution in [3.63, 3.8) is 0 Å². The summed E-state index contributed by atoms with van der Waals surface area (Å²) >= 11 is 0. The van der Waals surface area contributed by atoms with E-state index in [2.05, 4.69) is 4.99 Å². The van der Waals surface area contributed by atoms with Gasteiger partial charge in [0.25, 0.3) is 0 Å². The van der Waals surface area contributed by atoms with Crippen molar-refractivity contribution in [2.45, 2.75) is 38.8 Å². The smallest absolute Gasteiger partial charge is 0.115 e. The van der Waals surface area contributed by atoms with E-state index in [4.69, 9.17) is 0 Å². The molecule has 1 aliphatic rings. The molecule has 0 aromatic rings. The second kappa shape index (κ2) is 1.72. The van der Waals surface area contributed by atoms with E-state index in [1.165, 1.54) is 6.34 Å². The first kappa shape index (κ1) is 7.54. The van der Waals surface area contributed by atoms with Gasteiger partial charge in [-0.1, -0.05) is 5.21 Å². The summed E-state index contributed by atoms with van der Waals surface area (Å²) < 4.78 is 0. The fourth-order valence-corrected chi connectivity index (χ4v) is 0.769. The first-order valence-corrected chi connectivity index (χ1v) is 3.40. The summed E-state index contributed by atoms with van der Waals surface area (Å²) in [6, 6.07) is 0. The third-order valence-corrected chi connectivity index (χ3v) is 2.53. The molecule has 0 amide bonds. The van der Waals surface area contributed by atoms with Crippen LogP contribution in [-0.2, 0) is 5.21 Å². The number of nitrogens with zero attached hydrogens (tertiary/aromatic N) is 2. The van der Waals surface area contributed by atoms with Gasteiger partial charge in [0.15, 0.2) is 0 Å². The van der Waals surface area contributed by atoms with Crippen molar-refractivity contribution in [3.05, 3.63) is 0 Å². The van der Waals surface area contributed by atoms with Crippen LogP contribution >= 0.6 is 0 Å². The summed E-state index contributed by atoms with van der Waals surface area (Å²) in [6.07, 6.45) is 1.36. The highest BCUT2D eigenvalue weighted by molar-refractivity contribution is 5.59. The second-order valence-corrected chi connectivity index (χ2v) is 3.69. The van der Waals surface area contributed by atoms with Crippen molar-refractivity contribution >= 4 is 6.34 Å². The first-order chi connectivity index (χ1) is 4.38. The van der Waals surface area contributed by atoms with Gasteiger partial charge in [0.2, 0.25) is 0 Å². The molecule has 0 N–H and O–H groups in total. The third kappa shape index (κ3) is 0.736. The molecule has 0 atom stereocenters. The van der Waals surface area contributed by atoms with Gasteiger partial charge in [-0.3, -0.25) is 4.99 Å². The first-order valence-electron chi connectivity index (χ1n) is 3.40. The molecule has 0 saturated heterocycles.